The highest BCUT2D eigenvalue weighted by Crippen LogP contribution is 2.15. The third-order valence-corrected chi connectivity index (χ3v) is 9.60. The number of nitrogens with zero attached hydrogens (tertiary/aromatic N) is 2. The van der Waals surface area contributed by atoms with Gasteiger partial charge in [-0.1, -0.05) is 188 Å². The maximum Gasteiger partial charge on any atom is 0.256 e. The first kappa shape index (κ1) is 39.2. The van der Waals surface area contributed by atoms with E-state index in [1.807, 2.05) is 0 Å². The molecule has 1 rings (SSSR count). The molecule has 0 bridgehead atoms. The number of hydrogen-bond acceptors (Lipinski definition) is 0. The molecule has 2 nitrogen and oxygen atoms in total. The molecule has 1 aromatic rings. The van der Waals surface area contributed by atoms with E-state index in [1.54, 1.807) is 5.82 Å². The molecule has 0 saturated carbocycles. The first-order valence-electron chi connectivity index (χ1n) is 19.9. The van der Waals surface area contributed by atoms with Gasteiger partial charge < -0.3 is 0 Å². The molecule has 0 N–H and O–H groups in total. The zero-order chi connectivity index (χ0) is 30.2. The fourth-order valence-corrected chi connectivity index (χ4v) is 6.68. The highest BCUT2D eigenvalue weighted by atomic mass is 15.1. The lowest BCUT2D eigenvalue weighted by Gasteiger charge is -2.07. The minimum absolute atomic E-state index is 1.23. The van der Waals surface area contributed by atoms with Crippen molar-refractivity contribution in [2.45, 2.75) is 239 Å². The van der Waals surface area contributed by atoms with Crippen molar-refractivity contribution in [3.8, 4) is 0 Å². The quantitative estimate of drug-likeness (QED) is 0.0560. The topological polar surface area (TPSA) is 8.81 Å². The predicted molar refractivity (Wildman–Crippen MR) is 188 cm³/mol. The number of aromatic nitrogens is 2. The lowest BCUT2D eigenvalue weighted by atomic mass is 10.0. The van der Waals surface area contributed by atoms with Gasteiger partial charge in [0.1, 0.15) is 12.4 Å². The summed E-state index contributed by atoms with van der Waals surface area (Å²) in [6.07, 6.45) is 50.4. The Labute approximate surface area is 266 Å². The van der Waals surface area contributed by atoms with E-state index in [4.69, 9.17) is 0 Å². The molecule has 0 aliphatic heterocycles. The third-order valence-electron chi connectivity index (χ3n) is 9.60. The standard InChI is InChI=1S/C40H79N2/c1-4-7-10-13-16-17-18-19-20-21-22-23-24-25-28-31-34-37-42-39-38-41(36-33-30-27-15-12-9-6-3)40(42)35-32-29-26-14-11-8-5-2/h38-39H,4-37H2,1-3H3/q+1. The van der Waals surface area contributed by atoms with Crippen LogP contribution in [0.15, 0.2) is 12.4 Å². The molecular weight excluding hydrogens is 508 g/mol. The molecule has 1 aromatic heterocycles. The van der Waals surface area contributed by atoms with Crippen LogP contribution in [0.1, 0.15) is 226 Å². The fourth-order valence-electron chi connectivity index (χ4n) is 6.68. The number of hydrogen-bond donors (Lipinski definition) is 0. The van der Waals surface area contributed by atoms with E-state index in [0.717, 1.165) is 0 Å². The molecule has 42 heavy (non-hydrogen) atoms. The van der Waals surface area contributed by atoms with Crippen LogP contribution in [0, 0.1) is 0 Å². The van der Waals surface area contributed by atoms with Crippen molar-refractivity contribution in [1.82, 2.24) is 4.57 Å². The second-order valence-corrected chi connectivity index (χ2v) is 13.8. The van der Waals surface area contributed by atoms with Gasteiger partial charge in [-0.25, -0.2) is 9.13 Å². The molecule has 0 saturated heterocycles. The molecule has 0 fully saturated rings. The Morgan fingerprint density at radius 2 is 0.738 bits per heavy atom. The van der Waals surface area contributed by atoms with Gasteiger partial charge >= 0.3 is 0 Å². The van der Waals surface area contributed by atoms with E-state index in [2.05, 4.69) is 42.3 Å². The lowest BCUT2D eigenvalue weighted by molar-refractivity contribution is -0.704. The van der Waals surface area contributed by atoms with E-state index < -0.39 is 0 Å². The second-order valence-electron chi connectivity index (χ2n) is 13.8. The maximum atomic E-state index is 2.63. The molecule has 0 unspecified atom stereocenters. The zero-order valence-corrected chi connectivity index (χ0v) is 29.6. The van der Waals surface area contributed by atoms with Gasteiger partial charge in [-0.3, -0.25) is 0 Å². The van der Waals surface area contributed by atoms with Gasteiger partial charge in [0.2, 0.25) is 0 Å². The Morgan fingerprint density at radius 3 is 1.14 bits per heavy atom. The molecule has 0 aliphatic rings. The van der Waals surface area contributed by atoms with Gasteiger partial charge in [-0.15, -0.1) is 0 Å². The van der Waals surface area contributed by atoms with E-state index >= 15 is 0 Å². The third kappa shape index (κ3) is 23.6. The first-order valence-corrected chi connectivity index (χ1v) is 19.9. The Hall–Kier alpha value is -0.790. The molecule has 0 atom stereocenters. The van der Waals surface area contributed by atoms with Gasteiger partial charge in [0.15, 0.2) is 0 Å². The van der Waals surface area contributed by atoms with Crippen LogP contribution in [0.25, 0.3) is 0 Å². The number of aryl methyl sites for hydroxylation is 2. The van der Waals surface area contributed by atoms with Crippen LogP contribution in [0.4, 0.5) is 0 Å². The highest BCUT2D eigenvalue weighted by molar-refractivity contribution is 4.84. The monoisotopic (exact) mass is 588 g/mol. The van der Waals surface area contributed by atoms with Crippen molar-refractivity contribution in [3.05, 3.63) is 18.2 Å². The average molecular weight is 588 g/mol. The molecule has 0 aromatic carbocycles. The Kier molecular flexibility index (Phi) is 29.5. The number of unbranched alkanes of at least 4 members (excludes halogenated alkanes) is 28. The van der Waals surface area contributed by atoms with Crippen LogP contribution in [-0.2, 0) is 19.5 Å². The maximum absolute atomic E-state index is 2.63. The summed E-state index contributed by atoms with van der Waals surface area (Å²) >= 11 is 0. The normalized spacial score (nSPS) is 11.6. The minimum atomic E-state index is 1.23. The lowest BCUT2D eigenvalue weighted by Crippen LogP contribution is -2.37. The van der Waals surface area contributed by atoms with Crippen molar-refractivity contribution >= 4 is 0 Å². The van der Waals surface area contributed by atoms with Crippen LogP contribution in [-0.4, -0.2) is 4.57 Å². The SMILES string of the molecule is CCCCCCCCCCCCCCCCCCC[n+]1ccn(CCCCCCCCC)c1CCCCCCCCC. The highest BCUT2D eigenvalue weighted by Gasteiger charge is 2.16. The zero-order valence-electron chi connectivity index (χ0n) is 29.6. The van der Waals surface area contributed by atoms with E-state index in [-0.39, 0.29) is 0 Å². The summed E-state index contributed by atoms with van der Waals surface area (Å²) in [7, 11) is 0. The molecule has 0 amide bonds. The van der Waals surface area contributed by atoms with Gasteiger partial charge in [0.05, 0.1) is 13.1 Å². The average Bonchev–Trinajstić information content (AvgIpc) is 3.38. The molecule has 0 aliphatic carbocycles. The van der Waals surface area contributed by atoms with Crippen molar-refractivity contribution in [2.24, 2.45) is 0 Å². The molecule has 0 spiro atoms. The summed E-state index contributed by atoms with van der Waals surface area (Å²) < 4.78 is 5.25. The van der Waals surface area contributed by atoms with Gasteiger partial charge in [-0.2, -0.15) is 0 Å². The van der Waals surface area contributed by atoms with Crippen LogP contribution < -0.4 is 4.57 Å². The van der Waals surface area contributed by atoms with Crippen molar-refractivity contribution < 1.29 is 4.57 Å². The van der Waals surface area contributed by atoms with Crippen LogP contribution in [0.2, 0.25) is 0 Å². The van der Waals surface area contributed by atoms with Crippen molar-refractivity contribution in [1.29, 1.82) is 0 Å². The number of imidazole rings is 1. The first-order chi connectivity index (χ1) is 20.8. The minimum Gasteiger partial charge on any atom is -0.234 e. The predicted octanol–water partition coefficient (Wildman–Crippen LogP) is 13.5. The summed E-state index contributed by atoms with van der Waals surface area (Å²) in [6.45, 7) is 9.40. The molecule has 2 heteroatoms. The Balaban J connectivity index is 2.18. The molecule has 248 valence electrons. The van der Waals surface area contributed by atoms with Gasteiger partial charge in [-0.05, 0) is 32.1 Å². The summed E-state index contributed by atoms with van der Waals surface area (Å²) in [5, 5.41) is 0. The largest absolute Gasteiger partial charge is 0.256 e. The van der Waals surface area contributed by atoms with E-state index in [9.17, 15) is 0 Å². The molecule has 1 heterocycles. The van der Waals surface area contributed by atoms with Gasteiger partial charge in [0, 0.05) is 6.42 Å². The van der Waals surface area contributed by atoms with Crippen LogP contribution >= 0.6 is 0 Å². The van der Waals surface area contributed by atoms with Crippen molar-refractivity contribution in [3.63, 3.8) is 0 Å². The summed E-state index contributed by atoms with van der Waals surface area (Å²) in [6, 6.07) is 0. The number of rotatable bonds is 34. The Bertz CT molecular complexity index is 648. The van der Waals surface area contributed by atoms with E-state index in [0.29, 0.717) is 0 Å². The summed E-state index contributed by atoms with van der Waals surface area (Å²) in [5.74, 6) is 1.62. The van der Waals surface area contributed by atoms with E-state index in [1.165, 1.54) is 219 Å². The van der Waals surface area contributed by atoms with Crippen LogP contribution in [0.3, 0.4) is 0 Å². The fraction of sp³-hybridized carbons (Fsp3) is 0.925. The van der Waals surface area contributed by atoms with Crippen molar-refractivity contribution in [2.75, 3.05) is 0 Å². The smallest absolute Gasteiger partial charge is 0.234 e. The Morgan fingerprint density at radius 1 is 0.405 bits per heavy atom. The summed E-state index contributed by atoms with van der Waals surface area (Å²) in [4.78, 5) is 0. The molecule has 0 radical (unpaired) electrons. The molecular formula is C40H79N2+. The second kappa shape index (κ2) is 31.6. The summed E-state index contributed by atoms with van der Waals surface area (Å²) in [5.41, 5.74) is 0. The van der Waals surface area contributed by atoms with Gasteiger partial charge in [0.25, 0.3) is 5.82 Å². The van der Waals surface area contributed by atoms with Crippen LogP contribution in [0.5, 0.6) is 0 Å².